The van der Waals surface area contributed by atoms with Gasteiger partial charge in [0.15, 0.2) is 0 Å². The lowest BCUT2D eigenvalue weighted by Gasteiger charge is -2.10. The molecule has 0 aliphatic heterocycles. The summed E-state index contributed by atoms with van der Waals surface area (Å²) in [4.78, 5) is 9.11. The molecular weight excluding hydrogens is 262 g/mol. The van der Waals surface area contributed by atoms with Gasteiger partial charge in [-0.1, -0.05) is 39.0 Å². The van der Waals surface area contributed by atoms with Gasteiger partial charge in [-0.05, 0) is 26.2 Å². The SMILES string of the molecule is CCCCCCCCOc1cc(NCC)nc(C2CC2)n1. The quantitative estimate of drug-likeness (QED) is 0.609. The van der Waals surface area contributed by atoms with E-state index in [1.807, 2.05) is 6.07 Å². The van der Waals surface area contributed by atoms with E-state index in [-0.39, 0.29) is 0 Å². The van der Waals surface area contributed by atoms with E-state index in [0.29, 0.717) is 5.92 Å². The molecule has 0 atom stereocenters. The number of unbranched alkanes of at least 4 members (excludes halogenated alkanes) is 5. The first-order chi connectivity index (χ1) is 10.3. The summed E-state index contributed by atoms with van der Waals surface area (Å²) in [6.07, 6.45) is 10.1. The second kappa shape index (κ2) is 8.85. The van der Waals surface area contributed by atoms with Crippen molar-refractivity contribution in [1.82, 2.24) is 9.97 Å². The first kappa shape index (κ1) is 16.1. The Hall–Kier alpha value is -1.32. The Kier molecular flexibility index (Phi) is 6.77. The lowest BCUT2D eigenvalue weighted by molar-refractivity contribution is 0.292. The van der Waals surface area contributed by atoms with Gasteiger partial charge in [0, 0.05) is 18.5 Å². The molecule has 118 valence electrons. The van der Waals surface area contributed by atoms with Crippen molar-refractivity contribution in [1.29, 1.82) is 0 Å². The van der Waals surface area contributed by atoms with Crippen LogP contribution in [0.2, 0.25) is 0 Å². The average molecular weight is 291 g/mol. The van der Waals surface area contributed by atoms with Crippen LogP contribution in [0.1, 0.15) is 77.0 Å². The molecule has 0 aromatic carbocycles. The van der Waals surface area contributed by atoms with Gasteiger partial charge in [0.25, 0.3) is 0 Å². The Bertz CT molecular complexity index is 418. The highest BCUT2D eigenvalue weighted by Gasteiger charge is 2.27. The Morgan fingerprint density at radius 1 is 1.10 bits per heavy atom. The van der Waals surface area contributed by atoms with Gasteiger partial charge in [-0.15, -0.1) is 0 Å². The molecule has 1 fully saturated rings. The van der Waals surface area contributed by atoms with Crippen LogP contribution in [0, 0.1) is 0 Å². The molecule has 0 amide bonds. The minimum atomic E-state index is 0.556. The fourth-order valence-corrected chi connectivity index (χ4v) is 2.37. The molecule has 0 unspecified atom stereocenters. The van der Waals surface area contributed by atoms with E-state index in [1.165, 1.54) is 44.9 Å². The zero-order valence-electron chi connectivity index (χ0n) is 13.5. The molecule has 4 heteroatoms. The molecule has 1 aromatic rings. The first-order valence-corrected chi connectivity index (χ1v) is 8.59. The van der Waals surface area contributed by atoms with Crippen LogP contribution in [0.25, 0.3) is 0 Å². The average Bonchev–Trinajstić information content (AvgIpc) is 3.31. The summed E-state index contributed by atoms with van der Waals surface area (Å²) in [7, 11) is 0. The van der Waals surface area contributed by atoms with Crippen molar-refractivity contribution >= 4 is 5.82 Å². The second-order valence-electron chi connectivity index (χ2n) is 5.87. The first-order valence-electron chi connectivity index (χ1n) is 8.59. The Morgan fingerprint density at radius 2 is 1.86 bits per heavy atom. The molecule has 1 aliphatic carbocycles. The lowest BCUT2D eigenvalue weighted by atomic mass is 10.1. The predicted octanol–water partition coefficient (Wildman–Crippen LogP) is 4.53. The van der Waals surface area contributed by atoms with Crippen molar-refractivity contribution < 1.29 is 4.74 Å². The Morgan fingerprint density at radius 3 is 2.57 bits per heavy atom. The molecule has 2 rings (SSSR count). The van der Waals surface area contributed by atoms with Crippen molar-refractivity contribution in [2.45, 2.75) is 71.1 Å². The maximum absolute atomic E-state index is 5.83. The molecule has 4 nitrogen and oxygen atoms in total. The number of hydrogen-bond acceptors (Lipinski definition) is 4. The predicted molar refractivity (Wildman–Crippen MR) is 87.0 cm³/mol. The highest BCUT2D eigenvalue weighted by Crippen LogP contribution is 2.39. The summed E-state index contributed by atoms with van der Waals surface area (Å²) in [6.45, 7) is 5.96. The fraction of sp³-hybridized carbons (Fsp3) is 0.765. The zero-order valence-corrected chi connectivity index (χ0v) is 13.5. The van der Waals surface area contributed by atoms with Gasteiger partial charge in [-0.3, -0.25) is 0 Å². The molecule has 1 aromatic heterocycles. The number of nitrogens with one attached hydrogen (secondary N) is 1. The van der Waals surface area contributed by atoms with Crippen LogP contribution in [-0.2, 0) is 0 Å². The van der Waals surface area contributed by atoms with E-state index in [0.717, 1.165) is 37.1 Å². The molecule has 1 N–H and O–H groups in total. The summed E-state index contributed by atoms with van der Waals surface area (Å²) >= 11 is 0. The normalized spacial score (nSPS) is 14.2. The van der Waals surface area contributed by atoms with E-state index >= 15 is 0 Å². The monoisotopic (exact) mass is 291 g/mol. The fourth-order valence-electron chi connectivity index (χ4n) is 2.37. The van der Waals surface area contributed by atoms with Gasteiger partial charge in [0.2, 0.25) is 5.88 Å². The molecule has 0 bridgehead atoms. The van der Waals surface area contributed by atoms with E-state index in [2.05, 4.69) is 29.1 Å². The molecule has 21 heavy (non-hydrogen) atoms. The molecule has 0 saturated heterocycles. The maximum atomic E-state index is 5.83. The molecular formula is C17H29N3O. The van der Waals surface area contributed by atoms with Crippen molar-refractivity contribution in [3.05, 3.63) is 11.9 Å². The van der Waals surface area contributed by atoms with Crippen LogP contribution in [0.3, 0.4) is 0 Å². The van der Waals surface area contributed by atoms with Crippen molar-refractivity contribution in [3.8, 4) is 5.88 Å². The van der Waals surface area contributed by atoms with E-state index < -0.39 is 0 Å². The van der Waals surface area contributed by atoms with E-state index in [1.54, 1.807) is 0 Å². The highest BCUT2D eigenvalue weighted by molar-refractivity contribution is 5.39. The lowest BCUT2D eigenvalue weighted by Crippen LogP contribution is -2.06. The smallest absolute Gasteiger partial charge is 0.218 e. The van der Waals surface area contributed by atoms with Crippen LogP contribution in [-0.4, -0.2) is 23.1 Å². The Balaban J connectivity index is 1.76. The minimum absolute atomic E-state index is 0.556. The van der Waals surface area contributed by atoms with Crippen LogP contribution in [0.15, 0.2) is 6.07 Å². The Labute approximate surface area is 128 Å². The van der Waals surface area contributed by atoms with Gasteiger partial charge in [-0.25, -0.2) is 4.98 Å². The topological polar surface area (TPSA) is 47.0 Å². The van der Waals surface area contributed by atoms with Crippen molar-refractivity contribution in [2.24, 2.45) is 0 Å². The third kappa shape index (κ3) is 5.90. The number of ether oxygens (including phenoxy) is 1. The zero-order chi connectivity index (χ0) is 14.9. The molecule has 1 heterocycles. The van der Waals surface area contributed by atoms with Crippen LogP contribution >= 0.6 is 0 Å². The summed E-state index contributed by atoms with van der Waals surface area (Å²) in [5.41, 5.74) is 0. The molecule has 0 spiro atoms. The highest BCUT2D eigenvalue weighted by atomic mass is 16.5. The van der Waals surface area contributed by atoms with Crippen LogP contribution < -0.4 is 10.1 Å². The molecule has 0 radical (unpaired) electrons. The summed E-state index contributed by atoms with van der Waals surface area (Å²) < 4.78 is 5.83. The van der Waals surface area contributed by atoms with Gasteiger partial charge in [-0.2, -0.15) is 4.98 Å². The van der Waals surface area contributed by atoms with Gasteiger partial charge in [0.05, 0.1) is 6.61 Å². The van der Waals surface area contributed by atoms with Gasteiger partial charge < -0.3 is 10.1 Å². The van der Waals surface area contributed by atoms with Crippen molar-refractivity contribution in [3.63, 3.8) is 0 Å². The molecule has 1 aliphatic rings. The number of anilines is 1. The number of hydrogen-bond donors (Lipinski definition) is 1. The summed E-state index contributed by atoms with van der Waals surface area (Å²) in [5.74, 6) is 3.13. The number of nitrogens with zero attached hydrogens (tertiary/aromatic N) is 2. The van der Waals surface area contributed by atoms with Crippen LogP contribution in [0.4, 0.5) is 5.82 Å². The third-order valence-corrected chi connectivity index (χ3v) is 3.77. The molecule has 1 saturated carbocycles. The van der Waals surface area contributed by atoms with Crippen molar-refractivity contribution in [2.75, 3.05) is 18.5 Å². The van der Waals surface area contributed by atoms with E-state index in [9.17, 15) is 0 Å². The largest absolute Gasteiger partial charge is 0.478 e. The number of aromatic nitrogens is 2. The summed E-state index contributed by atoms with van der Waals surface area (Å²) in [5, 5.41) is 3.26. The third-order valence-electron chi connectivity index (χ3n) is 3.77. The standard InChI is InChI=1S/C17H29N3O/c1-3-5-6-7-8-9-12-21-16-13-15(18-4-2)19-17(20-16)14-10-11-14/h13-14H,3-12H2,1-2H3,(H,18,19,20). The number of rotatable bonds is 11. The van der Waals surface area contributed by atoms with Gasteiger partial charge >= 0.3 is 0 Å². The van der Waals surface area contributed by atoms with E-state index in [4.69, 9.17) is 4.74 Å². The summed E-state index contributed by atoms with van der Waals surface area (Å²) in [6, 6.07) is 1.92. The van der Waals surface area contributed by atoms with Gasteiger partial charge in [0.1, 0.15) is 11.6 Å². The maximum Gasteiger partial charge on any atom is 0.218 e. The second-order valence-corrected chi connectivity index (χ2v) is 5.87. The van der Waals surface area contributed by atoms with Crippen LogP contribution in [0.5, 0.6) is 5.88 Å². The minimum Gasteiger partial charge on any atom is -0.478 e.